The molecule has 0 bridgehead atoms. The Morgan fingerprint density at radius 3 is 2.64 bits per heavy atom. The Labute approximate surface area is 163 Å². The Hall–Kier alpha value is -2.46. The molecule has 3 rings (SSSR count). The number of benzene rings is 1. The van der Waals surface area contributed by atoms with Crippen LogP contribution in [0.4, 0.5) is 0 Å². The molecule has 2 fully saturated rings. The zero-order chi connectivity index (χ0) is 20.1. The SMILES string of the molecule is O=C1NCCC[C@@H]1NC(=O)[C@H]1CN(C(=O)CS(=O)(=O)c2ccccc2)CCN1. The number of nitrogens with zero attached hydrogens (tertiary/aromatic N) is 1. The van der Waals surface area contributed by atoms with Crippen molar-refractivity contribution in [3.05, 3.63) is 30.3 Å². The molecule has 10 heteroatoms. The van der Waals surface area contributed by atoms with Crippen molar-refractivity contribution in [3.8, 4) is 0 Å². The summed E-state index contributed by atoms with van der Waals surface area (Å²) in [5.41, 5.74) is 0. The van der Waals surface area contributed by atoms with E-state index in [2.05, 4.69) is 16.0 Å². The molecule has 2 heterocycles. The van der Waals surface area contributed by atoms with Gasteiger partial charge in [0.1, 0.15) is 17.8 Å². The molecule has 2 aliphatic rings. The molecule has 28 heavy (non-hydrogen) atoms. The molecule has 152 valence electrons. The first-order valence-electron chi connectivity index (χ1n) is 9.24. The molecule has 0 unspecified atom stereocenters. The van der Waals surface area contributed by atoms with Crippen LogP contribution in [0, 0.1) is 0 Å². The third-order valence-electron chi connectivity index (χ3n) is 4.86. The molecular formula is C18H24N4O5S. The highest BCUT2D eigenvalue weighted by Crippen LogP contribution is 2.12. The minimum Gasteiger partial charge on any atom is -0.354 e. The second-order valence-corrected chi connectivity index (χ2v) is 8.90. The largest absolute Gasteiger partial charge is 0.354 e. The second-order valence-electron chi connectivity index (χ2n) is 6.91. The number of hydrogen-bond acceptors (Lipinski definition) is 6. The summed E-state index contributed by atoms with van der Waals surface area (Å²) in [5, 5.41) is 8.42. The highest BCUT2D eigenvalue weighted by Gasteiger charge is 2.33. The number of amides is 3. The number of sulfone groups is 1. The van der Waals surface area contributed by atoms with Gasteiger partial charge < -0.3 is 20.9 Å². The summed E-state index contributed by atoms with van der Waals surface area (Å²) in [6.45, 7) is 1.34. The molecule has 0 aromatic heterocycles. The molecule has 2 saturated heterocycles. The standard InChI is InChI=1S/C18H24N4O5S/c23-16(12-28(26,27)13-5-2-1-3-6-13)22-10-9-19-15(11-22)18(25)21-14-7-4-8-20-17(14)24/h1-3,5-6,14-15,19H,4,7-12H2,(H,20,24)(H,21,25)/t14-,15+/m0/s1. The van der Waals surface area contributed by atoms with E-state index in [1.807, 2.05) is 0 Å². The van der Waals surface area contributed by atoms with Gasteiger partial charge in [-0.25, -0.2) is 8.42 Å². The lowest BCUT2D eigenvalue weighted by atomic mass is 10.1. The third kappa shape index (κ3) is 4.87. The lowest BCUT2D eigenvalue weighted by Gasteiger charge is -2.34. The van der Waals surface area contributed by atoms with E-state index in [1.54, 1.807) is 18.2 Å². The summed E-state index contributed by atoms with van der Waals surface area (Å²) in [6, 6.07) is 6.54. The second kappa shape index (κ2) is 8.70. The van der Waals surface area contributed by atoms with Crippen LogP contribution in [0.2, 0.25) is 0 Å². The van der Waals surface area contributed by atoms with Crippen LogP contribution < -0.4 is 16.0 Å². The minimum atomic E-state index is -3.74. The number of nitrogens with one attached hydrogen (secondary N) is 3. The molecule has 0 saturated carbocycles. The van der Waals surface area contributed by atoms with E-state index in [0.29, 0.717) is 26.1 Å². The van der Waals surface area contributed by atoms with Crippen LogP contribution in [0.25, 0.3) is 0 Å². The number of carbonyl (C=O) groups excluding carboxylic acids is 3. The van der Waals surface area contributed by atoms with Gasteiger partial charge in [-0.15, -0.1) is 0 Å². The van der Waals surface area contributed by atoms with E-state index >= 15 is 0 Å². The number of hydrogen-bond donors (Lipinski definition) is 3. The maximum Gasteiger partial charge on any atom is 0.242 e. The zero-order valence-electron chi connectivity index (χ0n) is 15.4. The van der Waals surface area contributed by atoms with Crippen molar-refractivity contribution in [3.63, 3.8) is 0 Å². The van der Waals surface area contributed by atoms with E-state index in [-0.39, 0.29) is 23.3 Å². The first-order valence-corrected chi connectivity index (χ1v) is 10.9. The van der Waals surface area contributed by atoms with Crippen molar-refractivity contribution in [1.82, 2.24) is 20.9 Å². The average molecular weight is 408 g/mol. The highest BCUT2D eigenvalue weighted by molar-refractivity contribution is 7.92. The van der Waals surface area contributed by atoms with E-state index in [9.17, 15) is 22.8 Å². The van der Waals surface area contributed by atoms with Gasteiger partial charge >= 0.3 is 0 Å². The summed E-state index contributed by atoms with van der Waals surface area (Å²) in [7, 11) is -3.74. The van der Waals surface area contributed by atoms with Gasteiger partial charge in [-0.1, -0.05) is 18.2 Å². The Bertz CT molecular complexity index is 843. The Morgan fingerprint density at radius 2 is 1.93 bits per heavy atom. The minimum absolute atomic E-state index is 0.0588. The van der Waals surface area contributed by atoms with Crippen LogP contribution >= 0.6 is 0 Å². The van der Waals surface area contributed by atoms with Crippen LogP contribution in [-0.2, 0) is 24.2 Å². The molecular weight excluding hydrogens is 384 g/mol. The van der Waals surface area contributed by atoms with Gasteiger partial charge in [0.05, 0.1) is 4.90 Å². The normalized spacial score (nSPS) is 23.0. The first-order chi connectivity index (χ1) is 13.4. The maximum absolute atomic E-state index is 12.5. The highest BCUT2D eigenvalue weighted by atomic mass is 32.2. The summed E-state index contributed by atoms with van der Waals surface area (Å²) < 4.78 is 24.8. The monoisotopic (exact) mass is 408 g/mol. The topological polar surface area (TPSA) is 125 Å². The van der Waals surface area contributed by atoms with Gasteiger partial charge in [0.15, 0.2) is 9.84 Å². The quantitative estimate of drug-likeness (QED) is 0.554. The number of piperidine rings is 1. The van der Waals surface area contributed by atoms with Crippen LogP contribution in [-0.4, -0.2) is 75.1 Å². The van der Waals surface area contributed by atoms with Crippen molar-refractivity contribution in [2.24, 2.45) is 0 Å². The molecule has 9 nitrogen and oxygen atoms in total. The van der Waals surface area contributed by atoms with Crippen LogP contribution in [0.15, 0.2) is 35.2 Å². The van der Waals surface area contributed by atoms with Gasteiger partial charge in [0, 0.05) is 26.2 Å². The van der Waals surface area contributed by atoms with Gasteiger partial charge in [-0.3, -0.25) is 14.4 Å². The molecule has 1 aromatic carbocycles. The average Bonchev–Trinajstić information content (AvgIpc) is 2.70. The first kappa shape index (κ1) is 20.3. The van der Waals surface area contributed by atoms with Gasteiger partial charge in [0.25, 0.3) is 0 Å². The fourth-order valence-corrected chi connectivity index (χ4v) is 4.55. The predicted octanol–water partition coefficient (Wildman–Crippen LogP) is -1.34. The molecule has 2 atom stereocenters. The van der Waals surface area contributed by atoms with Crippen LogP contribution in [0.3, 0.4) is 0 Å². The predicted molar refractivity (Wildman–Crippen MR) is 101 cm³/mol. The summed E-state index contributed by atoms with van der Waals surface area (Å²) in [5.74, 6) is -1.77. The molecule has 3 amide bonds. The van der Waals surface area contributed by atoms with Gasteiger partial charge in [0.2, 0.25) is 17.7 Å². The molecule has 1 aromatic rings. The Balaban J connectivity index is 1.58. The van der Waals surface area contributed by atoms with E-state index in [0.717, 1.165) is 6.42 Å². The van der Waals surface area contributed by atoms with E-state index < -0.39 is 33.6 Å². The number of carbonyl (C=O) groups is 3. The van der Waals surface area contributed by atoms with Crippen molar-refractivity contribution in [2.75, 3.05) is 31.9 Å². The zero-order valence-corrected chi connectivity index (χ0v) is 16.2. The molecule has 0 radical (unpaired) electrons. The van der Waals surface area contributed by atoms with E-state index in [4.69, 9.17) is 0 Å². The molecule has 2 aliphatic heterocycles. The van der Waals surface area contributed by atoms with Crippen molar-refractivity contribution >= 4 is 27.6 Å². The van der Waals surface area contributed by atoms with Gasteiger partial charge in [-0.05, 0) is 25.0 Å². The third-order valence-corrected chi connectivity index (χ3v) is 6.48. The number of rotatable bonds is 5. The lowest BCUT2D eigenvalue weighted by molar-refractivity contribution is -0.134. The summed E-state index contributed by atoms with van der Waals surface area (Å²) in [6.07, 6.45) is 1.36. The van der Waals surface area contributed by atoms with Crippen LogP contribution in [0.5, 0.6) is 0 Å². The van der Waals surface area contributed by atoms with Crippen LogP contribution in [0.1, 0.15) is 12.8 Å². The van der Waals surface area contributed by atoms with Crippen molar-refractivity contribution in [2.45, 2.75) is 29.8 Å². The van der Waals surface area contributed by atoms with E-state index in [1.165, 1.54) is 17.0 Å². The fraction of sp³-hybridized carbons (Fsp3) is 0.500. The Morgan fingerprint density at radius 1 is 1.18 bits per heavy atom. The van der Waals surface area contributed by atoms with Crippen molar-refractivity contribution < 1.29 is 22.8 Å². The number of piperazine rings is 1. The van der Waals surface area contributed by atoms with Crippen molar-refractivity contribution in [1.29, 1.82) is 0 Å². The fourth-order valence-electron chi connectivity index (χ4n) is 3.30. The summed E-state index contributed by atoms with van der Waals surface area (Å²) in [4.78, 5) is 38.3. The summed E-state index contributed by atoms with van der Waals surface area (Å²) >= 11 is 0. The lowest BCUT2D eigenvalue weighted by Crippen LogP contribution is -2.61. The molecule has 3 N–H and O–H groups in total. The smallest absolute Gasteiger partial charge is 0.242 e. The maximum atomic E-state index is 12.5. The molecule has 0 spiro atoms. The Kier molecular flexibility index (Phi) is 6.30. The van der Waals surface area contributed by atoms with Gasteiger partial charge in [-0.2, -0.15) is 0 Å². The molecule has 0 aliphatic carbocycles.